The average molecular weight is 727 g/mol. The number of hydrogen-bond donors (Lipinski definition) is 1. The number of likely N-dealkylation sites (tertiary alicyclic amines) is 1. The van der Waals surface area contributed by atoms with Crippen molar-refractivity contribution in [3.8, 4) is 6.07 Å². The summed E-state index contributed by atoms with van der Waals surface area (Å²) in [6.45, 7) is 15.1. The summed E-state index contributed by atoms with van der Waals surface area (Å²) in [4.78, 5) is 17.0. The Kier molecular flexibility index (Phi) is 11.9. The van der Waals surface area contributed by atoms with E-state index in [0.717, 1.165) is 93.7 Å². The van der Waals surface area contributed by atoms with Gasteiger partial charge in [-0.2, -0.15) is 18.4 Å². The largest absolute Gasteiger partial charge is 0.393 e. The molecule has 3 aromatic heterocycles. The van der Waals surface area contributed by atoms with E-state index in [-0.39, 0.29) is 23.6 Å². The van der Waals surface area contributed by atoms with E-state index < -0.39 is 12.6 Å². The quantitative estimate of drug-likeness (QED) is 0.111. The van der Waals surface area contributed by atoms with Crippen LogP contribution in [0.5, 0.6) is 0 Å². The van der Waals surface area contributed by atoms with Gasteiger partial charge in [-0.3, -0.25) is 19.1 Å². The Morgan fingerprint density at radius 2 is 1.78 bits per heavy atom. The number of hydrogen-bond acceptors (Lipinski definition) is 8. The molecule has 51 heavy (non-hydrogen) atoms. The van der Waals surface area contributed by atoms with Gasteiger partial charge in [0.2, 0.25) is 0 Å². The van der Waals surface area contributed by atoms with Crippen molar-refractivity contribution < 1.29 is 17.6 Å². The Morgan fingerprint density at radius 3 is 2.47 bits per heavy atom. The van der Waals surface area contributed by atoms with Crippen molar-refractivity contribution in [2.45, 2.75) is 110 Å². The molecule has 3 atom stereocenters. The number of alkyl halides is 4. The predicted molar refractivity (Wildman–Crippen MR) is 197 cm³/mol. The molecule has 2 saturated heterocycles. The molecule has 1 unspecified atom stereocenters. The summed E-state index contributed by atoms with van der Waals surface area (Å²) in [7, 11) is 0. The molecule has 276 valence electrons. The van der Waals surface area contributed by atoms with Gasteiger partial charge in [0.05, 0.1) is 18.5 Å². The second-order valence-electron chi connectivity index (χ2n) is 14.7. The van der Waals surface area contributed by atoms with E-state index in [1.165, 1.54) is 17.5 Å². The second-order valence-corrected chi connectivity index (χ2v) is 15.8. The Labute approximate surface area is 302 Å². The normalized spacial score (nSPS) is 20.7. The number of aryl methyl sites for hydroxylation is 1. The third-order valence-electron chi connectivity index (χ3n) is 10.9. The van der Waals surface area contributed by atoms with Gasteiger partial charge in [0.1, 0.15) is 28.7 Å². The Hall–Kier alpha value is -3.31. The van der Waals surface area contributed by atoms with Gasteiger partial charge in [-0.05, 0) is 95.7 Å². The van der Waals surface area contributed by atoms with Crippen LogP contribution in [0.25, 0.3) is 21.1 Å². The van der Waals surface area contributed by atoms with E-state index >= 15 is 0 Å². The maximum atomic E-state index is 13.0. The van der Waals surface area contributed by atoms with Crippen LogP contribution in [0.1, 0.15) is 74.6 Å². The molecule has 8 nitrogen and oxygen atoms in total. The van der Waals surface area contributed by atoms with E-state index in [1.807, 2.05) is 6.07 Å². The molecule has 13 heteroatoms. The second kappa shape index (κ2) is 16.1. The van der Waals surface area contributed by atoms with E-state index in [0.29, 0.717) is 40.2 Å². The summed E-state index contributed by atoms with van der Waals surface area (Å²) < 4.78 is 53.7. The number of nitrogens with zero attached hydrogens (tertiary/aromatic N) is 7. The van der Waals surface area contributed by atoms with Crippen LogP contribution in [0.4, 0.5) is 23.4 Å². The predicted octanol–water partition coefficient (Wildman–Crippen LogP) is 7.93. The standard InChI is InChI=1S/C38H50F4N8S/c1-25(48-20-26(2)49(27(3)21-48)13-7-5-6-12-39)22-50-31(19-43)16-33-28(4)29(8-9-35(33)50)23-47-14-10-30(11-15-47)46-36-34-17-32(18-38(40,41)42)51-37(34)45-24-44-36/h8-9,16-17,24-27,30H,5-7,10-15,18,20-23H2,1-4H3,(H,44,45,46)/t25?,26-,27-/m1/s1. The van der Waals surface area contributed by atoms with Crippen LogP contribution in [-0.2, 0) is 19.5 Å². The summed E-state index contributed by atoms with van der Waals surface area (Å²) in [6.07, 6.45) is 0.612. The van der Waals surface area contributed by atoms with Crippen molar-refractivity contribution in [1.82, 2.24) is 29.2 Å². The topological polar surface area (TPSA) is 76.2 Å². The number of anilines is 1. The minimum Gasteiger partial charge on any atom is -0.367 e. The number of piperidine rings is 1. The highest BCUT2D eigenvalue weighted by molar-refractivity contribution is 7.18. The van der Waals surface area contributed by atoms with E-state index in [4.69, 9.17) is 0 Å². The average Bonchev–Trinajstić information content (AvgIpc) is 3.66. The van der Waals surface area contributed by atoms with Gasteiger partial charge >= 0.3 is 6.18 Å². The number of piperazine rings is 1. The lowest BCUT2D eigenvalue weighted by Crippen LogP contribution is -2.59. The van der Waals surface area contributed by atoms with Gasteiger partial charge in [-0.1, -0.05) is 6.07 Å². The summed E-state index contributed by atoms with van der Waals surface area (Å²) in [5.41, 5.74) is 4.24. The maximum absolute atomic E-state index is 13.0. The molecule has 0 radical (unpaired) electrons. The van der Waals surface area contributed by atoms with Crippen molar-refractivity contribution in [3.63, 3.8) is 0 Å². The van der Waals surface area contributed by atoms with Crippen LogP contribution in [0.15, 0.2) is 30.6 Å². The lowest BCUT2D eigenvalue weighted by molar-refractivity contribution is -0.126. The molecule has 2 aliphatic rings. The van der Waals surface area contributed by atoms with Gasteiger partial charge in [0.25, 0.3) is 0 Å². The molecule has 2 aliphatic heterocycles. The third kappa shape index (κ3) is 8.84. The van der Waals surface area contributed by atoms with E-state index in [9.17, 15) is 22.8 Å². The minimum atomic E-state index is -4.26. The summed E-state index contributed by atoms with van der Waals surface area (Å²) in [5, 5.41) is 15.4. The molecule has 1 aromatic carbocycles. The van der Waals surface area contributed by atoms with Gasteiger partial charge in [0.15, 0.2) is 0 Å². The molecule has 5 heterocycles. The molecule has 6 rings (SSSR count). The molecular weight excluding hydrogens is 677 g/mol. The van der Waals surface area contributed by atoms with Crippen molar-refractivity contribution in [1.29, 1.82) is 5.26 Å². The lowest BCUT2D eigenvalue weighted by Gasteiger charge is -2.46. The Balaban J connectivity index is 1.06. The lowest BCUT2D eigenvalue weighted by atomic mass is 10.0. The van der Waals surface area contributed by atoms with Gasteiger partial charge in [-0.15, -0.1) is 11.3 Å². The number of aromatic nitrogens is 3. The number of fused-ring (bicyclic) bond motifs is 2. The van der Waals surface area contributed by atoms with Crippen LogP contribution in [0, 0.1) is 18.3 Å². The highest BCUT2D eigenvalue weighted by atomic mass is 32.1. The fourth-order valence-corrected chi connectivity index (χ4v) is 9.13. The summed E-state index contributed by atoms with van der Waals surface area (Å²) >= 11 is 1.07. The zero-order valence-electron chi connectivity index (χ0n) is 30.1. The molecule has 0 amide bonds. The number of unbranched alkanes of at least 4 members (excludes halogenated alkanes) is 2. The first-order valence-electron chi connectivity index (χ1n) is 18.3. The van der Waals surface area contributed by atoms with Gasteiger partial charge in [0, 0.05) is 79.2 Å². The monoisotopic (exact) mass is 726 g/mol. The van der Waals surface area contributed by atoms with Gasteiger partial charge < -0.3 is 9.88 Å². The number of nitriles is 1. The first-order valence-corrected chi connectivity index (χ1v) is 19.1. The number of benzene rings is 1. The molecule has 2 fully saturated rings. The van der Waals surface area contributed by atoms with Crippen LogP contribution in [0.2, 0.25) is 0 Å². The van der Waals surface area contributed by atoms with Crippen molar-refractivity contribution in [2.75, 3.05) is 44.7 Å². The molecule has 0 bridgehead atoms. The molecular formula is C38H50F4N8S. The van der Waals surface area contributed by atoms with Crippen molar-refractivity contribution >= 4 is 38.3 Å². The van der Waals surface area contributed by atoms with Crippen LogP contribution < -0.4 is 5.32 Å². The number of rotatable bonds is 13. The number of nitrogens with one attached hydrogen (secondary N) is 1. The Bertz CT molecular complexity index is 1810. The number of halogens is 4. The Morgan fingerprint density at radius 1 is 1.04 bits per heavy atom. The zero-order valence-corrected chi connectivity index (χ0v) is 31.0. The smallest absolute Gasteiger partial charge is 0.367 e. The van der Waals surface area contributed by atoms with Crippen LogP contribution >= 0.6 is 11.3 Å². The van der Waals surface area contributed by atoms with Gasteiger partial charge in [-0.25, -0.2) is 9.97 Å². The zero-order chi connectivity index (χ0) is 36.3. The number of thiophene rings is 1. The van der Waals surface area contributed by atoms with Crippen LogP contribution in [-0.4, -0.2) is 99.0 Å². The molecule has 0 saturated carbocycles. The third-order valence-corrected chi connectivity index (χ3v) is 12.0. The van der Waals surface area contributed by atoms with E-state index in [1.54, 1.807) is 6.07 Å². The molecule has 4 aromatic rings. The molecule has 1 N–H and O–H groups in total. The fraction of sp³-hybridized carbons (Fsp3) is 0.605. The van der Waals surface area contributed by atoms with Crippen molar-refractivity contribution in [3.05, 3.63) is 52.3 Å². The fourth-order valence-electron chi connectivity index (χ4n) is 8.10. The summed E-state index contributed by atoms with van der Waals surface area (Å²) in [5.74, 6) is 0.601. The van der Waals surface area contributed by atoms with Crippen molar-refractivity contribution in [2.24, 2.45) is 0 Å². The first-order chi connectivity index (χ1) is 24.4. The summed E-state index contributed by atoms with van der Waals surface area (Å²) in [6, 6.07) is 11.7. The minimum absolute atomic E-state index is 0.171. The molecule has 0 spiro atoms. The SMILES string of the molecule is Cc1c(CN2CCC(Nc3ncnc4sc(CC(F)(F)F)cc34)CC2)ccc2c1cc(C#N)n2CC(C)N1C[C@@H](C)N(CCCCCF)[C@H](C)C1. The first kappa shape index (κ1) is 37.4. The highest BCUT2D eigenvalue weighted by Crippen LogP contribution is 2.34. The van der Waals surface area contributed by atoms with E-state index in [2.05, 4.69) is 80.4 Å². The highest BCUT2D eigenvalue weighted by Gasteiger charge is 2.32. The van der Waals surface area contributed by atoms with Crippen LogP contribution in [0.3, 0.4) is 0 Å². The maximum Gasteiger partial charge on any atom is 0.393 e. The molecule has 0 aliphatic carbocycles.